The lowest BCUT2D eigenvalue weighted by Crippen LogP contribution is -2.08. The quantitative estimate of drug-likeness (QED) is 0.683. The standard InChI is InChI=1S/C13H10ClN5S/c1-18-12(9-6-15-8-16-7-9)17-13(20)19(18)11-4-2-3-10(14)5-11/h2-8H,1H3. The predicted octanol–water partition coefficient (Wildman–Crippen LogP) is 3.05. The van der Waals surface area contributed by atoms with Gasteiger partial charge in [0.05, 0.1) is 11.3 Å². The smallest absolute Gasteiger partial charge is 0.221 e. The van der Waals surface area contributed by atoms with E-state index in [0.29, 0.717) is 15.6 Å². The average molecular weight is 304 g/mol. The van der Waals surface area contributed by atoms with Gasteiger partial charge in [0.25, 0.3) is 0 Å². The molecular weight excluding hydrogens is 294 g/mol. The molecule has 0 aliphatic rings. The molecule has 0 N–H and O–H groups in total. The highest BCUT2D eigenvalue weighted by molar-refractivity contribution is 7.71. The third-order valence-corrected chi connectivity index (χ3v) is 3.36. The van der Waals surface area contributed by atoms with Crippen LogP contribution in [0.5, 0.6) is 0 Å². The molecule has 0 radical (unpaired) electrons. The van der Waals surface area contributed by atoms with E-state index >= 15 is 0 Å². The minimum atomic E-state index is 0.452. The lowest BCUT2D eigenvalue weighted by molar-refractivity contribution is 0.661. The number of hydrogen-bond donors (Lipinski definition) is 0. The highest BCUT2D eigenvalue weighted by Crippen LogP contribution is 2.20. The second-order valence-electron chi connectivity index (χ2n) is 4.16. The molecule has 0 aliphatic heterocycles. The molecule has 3 rings (SSSR count). The monoisotopic (exact) mass is 303 g/mol. The Labute approximate surface area is 125 Å². The first-order valence-electron chi connectivity index (χ1n) is 5.84. The zero-order chi connectivity index (χ0) is 14.1. The maximum atomic E-state index is 6.03. The number of aromatic nitrogens is 5. The van der Waals surface area contributed by atoms with Crippen LogP contribution in [0, 0.1) is 4.77 Å². The molecule has 0 bridgehead atoms. The third kappa shape index (κ3) is 2.23. The van der Waals surface area contributed by atoms with Crippen LogP contribution in [0.1, 0.15) is 0 Å². The summed E-state index contributed by atoms with van der Waals surface area (Å²) in [4.78, 5) is 12.4. The van der Waals surface area contributed by atoms with Gasteiger partial charge in [0.15, 0.2) is 5.82 Å². The number of halogens is 1. The van der Waals surface area contributed by atoms with Crippen LogP contribution in [0.25, 0.3) is 17.1 Å². The molecule has 5 nitrogen and oxygen atoms in total. The van der Waals surface area contributed by atoms with Crippen LogP contribution >= 0.6 is 23.8 Å². The van der Waals surface area contributed by atoms with Gasteiger partial charge in [-0.25, -0.2) is 14.6 Å². The summed E-state index contributed by atoms with van der Waals surface area (Å²) in [6, 6.07) is 7.45. The van der Waals surface area contributed by atoms with Crippen molar-refractivity contribution in [2.75, 3.05) is 0 Å². The van der Waals surface area contributed by atoms with Crippen molar-refractivity contribution in [2.45, 2.75) is 0 Å². The molecule has 3 aromatic rings. The fraction of sp³-hybridized carbons (Fsp3) is 0.0769. The van der Waals surface area contributed by atoms with Crippen LogP contribution in [-0.4, -0.2) is 24.3 Å². The Bertz CT molecular complexity index is 809. The molecule has 0 saturated heterocycles. The van der Waals surface area contributed by atoms with Crippen molar-refractivity contribution in [2.24, 2.45) is 7.05 Å². The summed E-state index contributed by atoms with van der Waals surface area (Å²) in [6.07, 6.45) is 4.88. The molecule has 20 heavy (non-hydrogen) atoms. The van der Waals surface area contributed by atoms with Gasteiger partial charge in [-0.1, -0.05) is 17.7 Å². The molecule has 0 unspecified atom stereocenters. The third-order valence-electron chi connectivity index (χ3n) is 2.86. The minimum absolute atomic E-state index is 0.452. The summed E-state index contributed by atoms with van der Waals surface area (Å²) < 4.78 is 4.12. The normalized spacial score (nSPS) is 10.7. The van der Waals surface area contributed by atoms with E-state index < -0.39 is 0 Å². The molecule has 2 aromatic heterocycles. The van der Waals surface area contributed by atoms with Crippen LogP contribution in [0.4, 0.5) is 0 Å². The number of nitrogens with zero attached hydrogens (tertiary/aromatic N) is 5. The molecule has 0 fully saturated rings. The molecule has 1 aromatic carbocycles. The Morgan fingerprint density at radius 3 is 2.65 bits per heavy atom. The molecule has 2 heterocycles. The highest BCUT2D eigenvalue weighted by Gasteiger charge is 2.11. The molecule has 0 aliphatic carbocycles. The van der Waals surface area contributed by atoms with Gasteiger partial charge in [0.1, 0.15) is 6.33 Å². The van der Waals surface area contributed by atoms with Crippen LogP contribution in [0.2, 0.25) is 5.02 Å². The van der Waals surface area contributed by atoms with E-state index in [-0.39, 0.29) is 0 Å². The Hall–Kier alpha value is -2.05. The van der Waals surface area contributed by atoms with Crippen LogP contribution < -0.4 is 0 Å². The van der Waals surface area contributed by atoms with E-state index in [0.717, 1.165) is 11.3 Å². The van der Waals surface area contributed by atoms with E-state index in [4.69, 9.17) is 23.8 Å². The lowest BCUT2D eigenvalue weighted by Gasteiger charge is -2.09. The molecule has 100 valence electrons. The molecule has 7 heteroatoms. The zero-order valence-corrected chi connectivity index (χ0v) is 12.1. The fourth-order valence-electron chi connectivity index (χ4n) is 1.99. The summed E-state index contributed by atoms with van der Waals surface area (Å²) in [7, 11) is 1.88. The fourth-order valence-corrected chi connectivity index (χ4v) is 2.49. The van der Waals surface area contributed by atoms with Crippen LogP contribution in [0.15, 0.2) is 43.0 Å². The second kappa shape index (κ2) is 5.15. The Morgan fingerprint density at radius 2 is 1.95 bits per heavy atom. The van der Waals surface area contributed by atoms with Crippen molar-refractivity contribution in [3.8, 4) is 17.1 Å². The summed E-state index contributed by atoms with van der Waals surface area (Å²) in [5.74, 6) is 0.704. The summed E-state index contributed by atoms with van der Waals surface area (Å²) in [5, 5.41) is 0.648. The number of rotatable bonds is 2. The van der Waals surface area contributed by atoms with Crippen molar-refractivity contribution in [1.29, 1.82) is 0 Å². The Kier molecular flexibility index (Phi) is 3.33. The lowest BCUT2D eigenvalue weighted by atomic mass is 10.3. The van der Waals surface area contributed by atoms with Gasteiger partial charge in [0, 0.05) is 24.5 Å². The van der Waals surface area contributed by atoms with Gasteiger partial charge in [-0.2, -0.15) is 4.98 Å². The first-order valence-corrected chi connectivity index (χ1v) is 6.63. The van der Waals surface area contributed by atoms with Gasteiger partial charge < -0.3 is 0 Å². The van der Waals surface area contributed by atoms with Crippen molar-refractivity contribution in [1.82, 2.24) is 24.3 Å². The minimum Gasteiger partial charge on any atom is -0.264 e. The van der Waals surface area contributed by atoms with Gasteiger partial charge >= 0.3 is 0 Å². The van der Waals surface area contributed by atoms with Crippen LogP contribution in [-0.2, 0) is 7.05 Å². The second-order valence-corrected chi connectivity index (χ2v) is 4.96. The van der Waals surface area contributed by atoms with E-state index in [1.54, 1.807) is 12.4 Å². The molecule has 0 saturated carbocycles. The van der Waals surface area contributed by atoms with Crippen molar-refractivity contribution < 1.29 is 0 Å². The Balaban J connectivity index is 2.20. The molecule has 0 spiro atoms. The zero-order valence-electron chi connectivity index (χ0n) is 10.6. The molecular formula is C13H10ClN5S. The Morgan fingerprint density at radius 1 is 1.20 bits per heavy atom. The van der Waals surface area contributed by atoms with E-state index in [9.17, 15) is 0 Å². The van der Waals surface area contributed by atoms with E-state index in [2.05, 4.69) is 15.0 Å². The first kappa shape index (κ1) is 13.0. The summed E-state index contributed by atoms with van der Waals surface area (Å²) >= 11 is 11.4. The van der Waals surface area contributed by atoms with Gasteiger partial charge in [-0.05, 0) is 30.4 Å². The van der Waals surface area contributed by atoms with E-state index in [1.165, 1.54) is 6.33 Å². The van der Waals surface area contributed by atoms with Gasteiger partial charge in [0.2, 0.25) is 4.77 Å². The van der Waals surface area contributed by atoms with Crippen molar-refractivity contribution in [3.63, 3.8) is 0 Å². The number of benzene rings is 1. The molecule has 0 amide bonds. The van der Waals surface area contributed by atoms with Gasteiger partial charge in [-0.15, -0.1) is 0 Å². The summed E-state index contributed by atoms with van der Waals surface area (Å²) in [6.45, 7) is 0. The average Bonchev–Trinajstić information content (AvgIpc) is 2.75. The highest BCUT2D eigenvalue weighted by atomic mass is 35.5. The van der Waals surface area contributed by atoms with Crippen LogP contribution in [0.3, 0.4) is 0 Å². The first-order chi connectivity index (χ1) is 9.66. The maximum Gasteiger partial charge on any atom is 0.221 e. The SMILES string of the molecule is Cn1c(-c2cncnc2)nc(=S)n1-c1cccc(Cl)c1. The van der Waals surface area contributed by atoms with Gasteiger partial charge in [-0.3, -0.25) is 4.68 Å². The molecule has 0 atom stereocenters. The topological polar surface area (TPSA) is 48.5 Å². The maximum absolute atomic E-state index is 6.03. The number of hydrogen-bond acceptors (Lipinski definition) is 4. The predicted molar refractivity (Wildman–Crippen MR) is 79.4 cm³/mol. The van der Waals surface area contributed by atoms with E-state index in [1.807, 2.05) is 40.7 Å². The largest absolute Gasteiger partial charge is 0.264 e. The summed E-state index contributed by atoms with van der Waals surface area (Å²) in [5.41, 5.74) is 1.67. The van der Waals surface area contributed by atoms with Crippen molar-refractivity contribution in [3.05, 3.63) is 52.8 Å². The van der Waals surface area contributed by atoms with Crippen molar-refractivity contribution >= 4 is 23.8 Å².